The first kappa shape index (κ1) is 8.67. The van der Waals surface area contributed by atoms with Crippen LogP contribution in [-0.2, 0) is 9.59 Å². The van der Waals surface area contributed by atoms with E-state index in [0.29, 0.717) is 36.9 Å². The van der Waals surface area contributed by atoms with Gasteiger partial charge < -0.3 is 0 Å². The maximum absolute atomic E-state index is 11.4. The Morgan fingerprint density at radius 2 is 1.69 bits per heavy atom. The number of carbonyl (C=O) groups is 2. The van der Waals surface area contributed by atoms with Gasteiger partial charge >= 0.3 is 0 Å². The van der Waals surface area contributed by atoms with Gasteiger partial charge in [-0.25, -0.2) is 0 Å². The van der Waals surface area contributed by atoms with Gasteiger partial charge in [0, 0.05) is 19.3 Å². The van der Waals surface area contributed by atoms with Crippen LogP contribution >= 0.6 is 0 Å². The average molecular weight is 178 g/mol. The molecule has 1 fully saturated rings. The summed E-state index contributed by atoms with van der Waals surface area (Å²) >= 11 is 0. The maximum Gasteiger partial charge on any atom is 0.155 e. The normalized spacial score (nSPS) is 34.1. The summed E-state index contributed by atoms with van der Waals surface area (Å²) in [4.78, 5) is 22.6. The molecule has 1 saturated carbocycles. The van der Waals surface area contributed by atoms with Crippen molar-refractivity contribution in [3.05, 3.63) is 11.6 Å². The fraction of sp³-hybridized carbons (Fsp3) is 0.636. The van der Waals surface area contributed by atoms with Crippen molar-refractivity contribution >= 4 is 11.6 Å². The third kappa shape index (κ3) is 1.71. The van der Waals surface area contributed by atoms with E-state index < -0.39 is 0 Å². The SMILES string of the molecule is CC1=CC(=O)C[C@H]2CC(=O)C[C@@H]2C1. The monoisotopic (exact) mass is 178 g/mol. The third-order valence-corrected chi connectivity index (χ3v) is 3.10. The van der Waals surface area contributed by atoms with Crippen molar-refractivity contribution < 1.29 is 9.59 Å². The minimum atomic E-state index is 0.208. The summed E-state index contributed by atoms with van der Waals surface area (Å²) in [6, 6.07) is 0. The highest BCUT2D eigenvalue weighted by atomic mass is 16.1. The Morgan fingerprint density at radius 1 is 1.08 bits per heavy atom. The molecular weight excluding hydrogens is 164 g/mol. The predicted octanol–water partition coefficient (Wildman–Crippen LogP) is 1.89. The van der Waals surface area contributed by atoms with Crippen LogP contribution in [0, 0.1) is 11.8 Å². The molecule has 0 unspecified atom stereocenters. The maximum atomic E-state index is 11.4. The van der Waals surface area contributed by atoms with Gasteiger partial charge in [0.15, 0.2) is 5.78 Å². The Labute approximate surface area is 78.0 Å². The fourth-order valence-electron chi connectivity index (χ4n) is 2.54. The lowest BCUT2D eigenvalue weighted by Crippen LogP contribution is -2.08. The largest absolute Gasteiger partial charge is 0.300 e. The Morgan fingerprint density at radius 3 is 2.38 bits per heavy atom. The molecule has 0 spiro atoms. The number of hydrogen-bond donors (Lipinski definition) is 0. The van der Waals surface area contributed by atoms with Crippen molar-refractivity contribution in [1.29, 1.82) is 0 Å². The summed E-state index contributed by atoms with van der Waals surface area (Å²) in [6.07, 6.45) is 4.62. The van der Waals surface area contributed by atoms with Crippen LogP contribution < -0.4 is 0 Å². The lowest BCUT2D eigenvalue weighted by Gasteiger charge is -2.13. The third-order valence-electron chi connectivity index (χ3n) is 3.10. The molecule has 0 saturated heterocycles. The summed E-state index contributed by atoms with van der Waals surface area (Å²) in [5.41, 5.74) is 1.15. The summed E-state index contributed by atoms with van der Waals surface area (Å²) in [6.45, 7) is 1.99. The van der Waals surface area contributed by atoms with Crippen LogP contribution in [0.25, 0.3) is 0 Å². The molecule has 70 valence electrons. The Kier molecular flexibility index (Phi) is 2.06. The zero-order valence-corrected chi connectivity index (χ0v) is 7.88. The Hall–Kier alpha value is -0.920. The number of ketones is 2. The van der Waals surface area contributed by atoms with Gasteiger partial charge in [0.1, 0.15) is 5.78 Å². The first-order valence-electron chi connectivity index (χ1n) is 4.87. The van der Waals surface area contributed by atoms with E-state index in [1.165, 1.54) is 0 Å². The van der Waals surface area contributed by atoms with Gasteiger partial charge in [0.2, 0.25) is 0 Å². The summed E-state index contributed by atoms with van der Waals surface area (Å²) in [5.74, 6) is 1.35. The summed E-state index contributed by atoms with van der Waals surface area (Å²) < 4.78 is 0. The van der Waals surface area contributed by atoms with Crippen LogP contribution in [0.15, 0.2) is 11.6 Å². The average Bonchev–Trinajstić information content (AvgIpc) is 2.24. The van der Waals surface area contributed by atoms with Gasteiger partial charge in [-0.3, -0.25) is 9.59 Å². The van der Waals surface area contributed by atoms with Gasteiger partial charge in [-0.15, -0.1) is 0 Å². The minimum Gasteiger partial charge on any atom is -0.300 e. The van der Waals surface area contributed by atoms with Crippen LogP contribution in [0.4, 0.5) is 0 Å². The first-order chi connectivity index (χ1) is 6.15. The molecule has 0 aromatic heterocycles. The van der Waals surface area contributed by atoms with E-state index in [4.69, 9.17) is 0 Å². The van der Waals surface area contributed by atoms with E-state index in [1.807, 2.05) is 6.92 Å². The molecule has 2 nitrogen and oxygen atoms in total. The number of rotatable bonds is 0. The van der Waals surface area contributed by atoms with Gasteiger partial charge in [0.05, 0.1) is 0 Å². The molecule has 2 rings (SSSR count). The van der Waals surface area contributed by atoms with Crippen LogP contribution in [0.2, 0.25) is 0 Å². The molecule has 0 N–H and O–H groups in total. The molecule has 2 atom stereocenters. The molecule has 2 aliphatic carbocycles. The highest BCUT2D eigenvalue weighted by Gasteiger charge is 2.35. The quantitative estimate of drug-likeness (QED) is 0.567. The van der Waals surface area contributed by atoms with Gasteiger partial charge in [-0.05, 0) is 31.3 Å². The number of fused-ring (bicyclic) bond motifs is 1. The van der Waals surface area contributed by atoms with Crippen LogP contribution in [-0.4, -0.2) is 11.6 Å². The molecule has 0 aromatic carbocycles. The highest BCUT2D eigenvalue weighted by Crippen LogP contribution is 2.38. The number of Topliss-reactive ketones (excluding diaryl/α,β-unsaturated/α-hetero) is 1. The zero-order chi connectivity index (χ0) is 9.42. The number of allylic oxidation sites excluding steroid dienone is 2. The molecule has 0 aromatic rings. The lowest BCUT2D eigenvalue weighted by atomic mass is 9.90. The lowest BCUT2D eigenvalue weighted by molar-refractivity contribution is -0.117. The Balaban J connectivity index is 2.19. The Bertz CT molecular complexity index is 288. The van der Waals surface area contributed by atoms with Gasteiger partial charge in [-0.2, -0.15) is 0 Å². The van der Waals surface area contributed by atoms with Gasteiger partial charge in [0.25, 0.3) is 0 Å². The second kappa shape index (κ2) is 3.09. The van der Waals surface area contributed by atoms with E-state index in [2.05, 4.69) is 0 Å². The van der Waals surface area contributed by atoms with E-state index in [1.54, 1.807) is 6.08 Å². The van der Waals surface area contributed by atoms with Crippen molar-refractivity contribution in [2.75, 3.05) is 0 Å². The van der Waals surface area contributed by atoms with Crippen LogP contribution in [0.5, 0.6) is 0 Å². The van der Waals surface area contributed by atoms with Crippen molar-refractivity contribution in [2.24, 2.45) is 11.8 Å². The topological polar surface area (TPSA) is 34.1 Å². The molecule has 0 radical (unpaired) electrons. The summed E-state index contributed by atoms with van der Waals surface area (Å²) in [5, 5.41) is 0. The van der Waals surface area contributed by atoms with Crippen molar-refractivity contribution in [1.82, 2.24) is 0 Å². The van der Waals surface area contributed by atoms with Crippen molar-refractivity contribution in [2.45, 2.75) is 32.6 Å². The minimum absolute atomic E-state index is 0.208. The zero-order valence-electron chi connectivity index (χ0n) is 7.88. The molecule has 0 aliphatic heterocycles. The van der Waals surface area contributed by atoms with Crippen LogP contribution in [0.1, 0.15) is 32.6 Å². The van der Waals surface area contributed by atoms with Crippen LogP contribution in [0.3, 0.4) is 0 Å². The fourth-order valence-corrected chi connectivity index (χ4v) is 2.54. The second-order valence-electron chi connectivity index (χ2n) is 4.33. The molecule has 13 heavy (non-hydrogen) atoms. The van der Waals surface area contributed by atoms with Crippen molar-refractivity contribution in [3.8, 4) is 0 Å². The number of hydrogen-bond acceptors (Lipinski definition) is 2. The smallest absolute Gasteiger partial charge is 0.155 e. The second-order valence-corrected chi connectivity index (χ2v) is 4.33. The predicted molar refractivity (Wildman–Crippen MR) is 49.2 cm³/mol. The molecule has 2 heteroatoms. The van der Waals surface area contributed by atoms with E-state index in [-0.39, 0.29) is 5.78 Å². The van der Waals surface area contributed by atoms with E-state index in [0.717, 1.165) is 12.0 Å². The van der Waals surface area contributed by atoms with E-state index in [9.17, 15) is 9.59 Å². The number of carbonyl (C=O) groups excluding carboxylic acids is 2. The molecule has 0 amide bonds. The van der Waals surface area contributed by atoms with Crippen molar-refractivity contribution in [3.63, 3.8) is 0 Å². The summed E-state index contributed by atoms with van der Waals surface area (Å²) in [7, 11) is 0. The van der Waals surface area contributed by atoms with E-state index >= 15 is 0 Å². The molecule has 0 bridgehead atoms. The standard InChI is InChI=1S/C11H14O2/c1-7-2-8-4-11(13)6-9(8)5-10(12)3-7/h3,8-9H,2,4-6H2,1H3/t8-,9-/m0/s1. The molecule has 2 aliphatic rings. The highest BCUT2D eigenvalue weighted by molar-refractivity contribution is 5.92. The van der Waals surface area contributed by atoms with Gasteiger partial charge in [-0.1, -0.05) is 5.57 Å². The molecule has 0 heterocycles. The first-order valence-corrected chi connectivity index (χ1v) is 4.87. The molecular formula is C11H14O2.